The first-order valence-corrected chi connectivity index (χ1v) is 4.99. The SMILES string of the molecule is CC(N)CN(C)CCc1cnn(C)c1. The quantitative estimate of drug-likeness (QED) is 0.734. The lowest BCUT2D eigenvalue weighted by Gasteiger charge is -2.18. The summed E-state index contributed by atoms with van der Waals surface area (Å²) in [6, 6.07) is 0.244. The van der Waals surface area contributed by atoms with E-state index in [1.54, 1.807) is 0 Å². The molecule has 0 aliphatic heterocycles. The summed E-state index contributed by atoms with van der Waals surface area (Å²) in [5, 5.41) is 4.13. The second-order valence-corrected chi connectivity index (χ2v) is 4.01. The van der Waals surface area contributed by atoms with Crippen molar-refractivity contribution in [3.8, 4) is 0 Å². The van der Waals surface area contributed by atoms with Crippen molar-refractivity contribution in [3.63, 3.8) is 0 Å². The molecule has 4 nitrogen and oxygen atoms in total. The molecular formula is C10H20N4. The standard InChI is InChI=1S/C10H20N4/c1-9(11)7-13(2)5-4-10-6-12-14(3)8-10/h6,8-9H,4-5,7,11H2,1-3H3. The average molecular weight is 196 g/mol. The third-order valence-corrected chi connectivity index (χ3v) is 2.14. The molecule has 1 aromatic rings. The molecule has 0 saturated heterocycles. The van der Waals surface area contributed by atoms with Crippen molar-refractivity contribution in [2.24, 2.45) is 12.8 Å². The van der Waals surface area contributed by atoms with Gasteiger partial charge in [-0.1, -0.05) is 0 Å². The normalized spacial score (nSPS) is 13.5. The van der Waals surface area contributed by atoms with Crippen LogP contribution in [0.15, 0.2) is 12.4 Å². The summed E-state index contributed by atoms with van der Waals surface area (Å²) in [5.41, 5.74) is 6.99. The summed E-state index contributed by atoms with van der Waals surface area (Å²) in [6.07, 6.45) is 5.01. The molecule has 0 aliphatic rings. The fourth-order valence-electron chi connectivity index (χ4n) is 1.50. The van der Waals surface area contributed by atoms with Gasteiger partial charge in [0.05, 0.1) is 6.20 Å². The predicted molar refractivity (Wildman–Crippen MR) is 58.1 cm³/mol. The first kappa shape index (κ1) is 11.2. The van der Waals surface area contributed by atoms with Gasteiger partial charge in [-0.3, -0.25) is 4.68 Å². The van der Waals surface area contributed by atoms with E-state index in [0.29, 0.717) is 0 Å². The van der Waals surface area contributed by atoms with Gasteiger partial charge < -0.3 is 10.6 Å². The molecular weight excluding hydrogens is 176 g/mol. The van der Waals surface area contributed by atoms with Gasteiger partial charge in [-0.15, -0.1) is 0 Å². The molecule has 0 fully saturated rings. The molecule has 0 saturated carbocycles. The molecule has 1 heterocycles. The molecule has 4 heteroatoms. The lowest BCUT2D eigenvalue weighted by molar-refractivity contribution is 0.321. The van der Waals surface area contributed by atoms with E-state index < -0.39 is 0 Å². The van der Waals surface area contributed by atoms with Crippen LogP contribution in [0.25, 0.3) is 0 Å². The Kier molecular flexibility index (Phi) is 4.10. The number of nitrogens with two attached hydrogens (primary N) is 1. The van der Waals surface area contributed by atoms with E-state index in [1.165, 1.54) is 5.56 Å². The number of likely N-dealkylation sites (N-methyl/N-ethyl adjacent to an activating group) is 1. The van der Waals surface area contributed by atoms with Crippen LogP contribution in [-0.4, -0.2) is 40.9 Å². The largest absolute Gasteiger partial charge is 0.327 e. The lowest BCUT2D eigenvalue weighted by Crippen LogP contribution is -2.34. The van der Waals surface area contributed by atoms with Gasteiger partial charge in [-0.25, -0.2) is 0 Å². The molecule has 0 bridgehead atoms. The molecule has 0 aliphatic carbocycles. The van der Waals surface area contributed by atoms with Gasteiger partial charge in [0, 0.05) is 32.4 Å². The van der Waals surface area contributed by atoms with Crippen LogP contribution in [0.4, 0.5) is 0 Å². The fraction of sp³-hybridized carbons (Fsp3) is 0.700. The maximum Gasteiger partial charge on any atom is 0.0522 e. The summed E-state index contributed by atoms with van der Waals surface area (Å²) < 4.78 is 1.83. The smallest absolute Gasteiger partial charge is 0.0522 e. The lowest BCUT2D eigenvalue weighted by atomic mass is 10.2. The van der Waals surface area contributed by atoms with Crippen molar-refractivity contribution >= 4 is 0 Å². The van der Waals surface area contributed by atoms with Crippen molar-refractivity contribution < 1.29 is 0 Å². The van der Waals surface area contributed by atoms with E-state index in [4.69, 9.17) is 5.73 Å². The van der Waals surface area contributed by atoms with Crippen LogP contribution < -0.4 is 5.73 Å². The van der Waals surface area contributed by atoms with E-state index in [1.807, 2.05) is 24.9 Å². The number of aryl methyl sites for hydroxylation is 1. The van der Waals surface area contributed by atoms with Gasteiger partial charge in [-0.2, -0.15) is 5.10 Å². The van der Waals surface area contributed by atoms with E-state index >= 15 is 0 Å². The zero-order chi connectivity index (χ0) is 10.6. The van der Waals surface area contributed by atoms with Crippen LogP contribution >= 0.6 is 0 Å². The van der Waals surface area contributed by atoms with Crippen LogP contribution in [-0.2, 0) is 13.5 Å². The molecule has 2 N–H and O–H groups in total. The van der Waals surface area contributed by atoms with Gasteiger partial charge in [0.25, 0.3) is 0 Å². The van der Waals surface area contributed by atoms with Crippen molar-refractivity contribution in [2.45, 2.75) is 19.4 Å². The molecule has 0 radical (unpaired) electrons. The highest BCUT2D eigenvalue weighted by atomic mass is 15.2. The Morgan fingerprint density at radius 2 is 2.36 bits per heavy atom. The van der Waals surface area contributed by atoms with E-state index in [2.05, 4.69) is 23.2 Å². The van der Waals surface area contributed by atoms with Crippen molar-refractivity contribution in [1.82, 2.24) is 14.7 Å². The minimum absolute atomic E-state index is 0.244. The maximum atomic E-state index is 5.71. The maximum absolute atomic E-state index is 5.71. The van der Waals surface area contributed by atoms with Gasteiger partial charge in [-0.05, 0) is 26.0 Å². The van der Waals surface area contributed by atoms with E-state index in [0.717, 1.165) is 19.5 Å². The molecule has 0 amide bonds. The zero-order valence-corrected chi connectivity index (χ0v) is 9.27. The second-order valence-electron chi connectivity index (χ2n) is 4.01. The topological polar surface area (TPSA) is 47.1 Å². The highest BCUT2D eigenvalue weighted by Gasteiger charge is 2.02. The van der Waals surface area contributed by atoms with E-state index in [-0.39, 0.29) is 6.04 Å². The molecule has 1 rings (SSSR count). The summed E-state index contributed by atoms with van der Waals surface area (Å²) in [7, 11) is 4.04. The Morgan fingerprint density at radius 3 is 2.86 bits per heavy atom. The van der Waals surface area contributed by atoms with E-state index in [9.17, 15) is 0 Å². The summed E-state index contributed by atoms with van der Waals surface area (Å²) in [4.78, 5) is 2.25. The number of rotatable bonds is 5. The Balaban J connectivity index is 2.26. The fourth-order valence-corrected chi connectivity index (χ4v) is 1.50. The van der Waals surface area contributed by atoms with Crippen LogP contribution in [0.2, 0.25) is 0 Å². The highest BCUT2D eigenvalue weighted by Crippen LogP contribution is 1.98. The highest BCUT2D eigenvalue weighted by molar-refractivity contribution is 5.03. The van der Waals surface area contributed by atoms with Gasteiger partial charge >= 0.3 is 0 Å². The number of aromatic nitrogens is 2. The molecule has 80 valence electrons. The third-order valence-electron chi connectivity index (χ3n) is 2.14. The van der Waals surface area contributed by atoms with Crippen molar-refractivity contribution in [2.75, 3.05) is 20.1 Å². The molecule has 1 unspecified atom stereocenters. The number of hydrogen-bond donors (Lipinski definition) is 1. The van der Waals surface area contributed by atoms with Gasteiger partial charge in [0.1, 0.15) is 0 Å². The van der Waals surface area contributed by atoms with Gasteiger partial charge in [0.2, 0.25) is 0 Å². The number of hydrogen-bond acceptors (Lipinski definition) is 3. The second kappa shape index (κ2) is 5.12. The average Bonchev–Trinajstić information content (AvgIpc) is 2.47. The number of nitrogens with zero attached hydrogens (tertiary/aromatic N) is 3. The van der Waals surface area contributed by atoms with Crippen LogP contribution in [0, 0.1) is 0 Å². The van der Waals surface area contributed by atoms with Crippen LogP contribution in [0.3, 0.4) is 0 Å². The summed E-state index contributed by atoms with van der Waals surface area (Å²) in [5.74, 6) is 0. The van der Waals surface area contributed by atoms with Crippen LogP contribution in [0.1, 0.15) is 12.5 Å². The minimum atomic E-state index is 0.244. The Bertz CT molecular complexity index is 267. The monoisotopic (exact) mass is 196 g/mol. The Hall–Kier alpha value is -0.870. The minimum Gasteiger partial charge on any atom is -0.327 e. The van der Waals surface area contributed by atoms with Crippen LogP contribution in [0.5, 0.6) is 0 Å². The third kappa shape index (κ3) is 3.89. The molecule has 1 aromatic heterocycles. The molecule has 14 heavy (non-hydrogen) atoms. The van der Waals surface area contributed by atoms with Crippen molar-refractivity contribution in [1.29, 1.82) is 0 Å². The van der Waals surface area contributed by atoms with Gasteiger partial charge in [0.15, 0.2) is 0 Å². The Labute approximate surface area is 85.7 Å². The molecule has 0 aromatic carbocycles. The van der Waals surface area contributed by atoms with Crippen molar-refractivity contribution in [3.05, 3.63) is 18.0 Å². The summed E-state index contributed by atoms with van der Waals surface area (Å²) in [6.45, 7) is 4.01. The predicted octanol–water partition coefficient (Wildman–Crippen LogP) is 0.242. The molecule has 1 atom stereocenters. The first-order valence-electron chi connectivity index (χ1n) is 4.99. The summed E-state index contributed by atoms with van der Waals surface area (Å²) >= 11 is 0. The molecule has 0 spiro atoms. The first-order chi connectivity index (χ1) is 6.58. The zero-order valence-electron chi connectivity index (χ0n) is 9.27. The Morgan fingerprint density at radius 1 is 1.64 bits per heavy atom.